The summed E-state index contributed by atoms with van der Waals surface area (Å²) in [6, 6.07) is 8.59. The molecule has 1 aliphatic heterocycles. The molecule has 0 N–H and O–H groups in total. The Morgan fingerprint density at radius 2 is 1.73 bits per heavy atom. The standard InChI is InChI=1S/C14H12ClN3O2.C5H12O.C3H8O.C2H4O/c1-9-7-17-13(6-11(8-19)16-17)14(20)18(9)12-4-2-10(15)3-5-12;1-3-4-5-6-2;1-3-4-2;1-2-3/h2-6,8-9H,7H2,1H3;3-5H2,1-2H3;3H2,1-2H3;2H,1H3. The second-order valence-electron chi connectivity index (χ2n) is 6.91. The Morgan fingerprint density at radius 1 is 1.15 bits per heavy atom. The molecule has 0 saturated carbocycles. The second-order valence-corrected chi connectivity index (χ2v) is 7.35. The highest BCUT2D eigenvalue weighted by molar-refractivity contribution is 6.30. The van der Waals surface area contributed by atoms with Crippen molar-refractivity contribution in [3.05, 3.63) is 46.7 Å². The molecule has 0 radical (unpaired) electrons. The van der Waals surface area contributed by atoms with Gasteiger partial charge >= 0.3 is 0 Å². The number of aromatic nitrogens is 2. The van der Waals surface area contributed by atoms with Crippen LogP contribution in [0.25, 0.3) is 0 Å². The first-order chi connectivity index (χ1) is 15.8. The predicted molar refractivity (Wildman–Crippen MR) is 131 cm³/mol. The van der Waals surface area contributed by atoms with E-state index in [0.29, 0.717) is 23.5 Å². The topological polar surface area (TPSA) is 90.7 Å². The minimum Gasteiger partial charge on any atom is -0.385 e. The summed E-state index contributed by atoms with van der Waals surface area (Å²) in [5.41, 5.74) is 1.49. The van der Waals surface area contributed by atoms with E-state index < -0.39 is 0 Å². The van der Waals surface area contributed by atoms with E-state index in [1.54, 1.807) is 35.9 Å². The van der Waals surface area contributed by atoms with Gasteiger partial charge in [0.2, 0.25) is 0 Å². The van der Waals surface area contributed by atoms with Crippen molar-refractivity contribution in [3.8, 4) is 0 Å². The lowest BCUT2D eigenvalue weighted by Gasteiger charge is -2.33. The van der Waals surface area contributed by atoms with Gasteiger partial charge in [0.25, 0.3) is 5.91 Å². The first-order valence-corrected chi connectivity index (χ1v) is 11.2. The van der Waals surface area contributed by atoms with Crippen LogP contribution in [-0.2, 0) is 20.8 Å². The largest absolute Gasteiger partial charge is 0.385 e. The van der Waals surface area contributed by atoms with E-state index in [1.165, 1.54) is 25.8 Å². The van der Waals surface area contributed by atoms with Crippen molar-refractivity contribution < 1.29 is 23.9 Å². The van der Waals surface area contributed by atoms with Crippen LogP contribution in [0.3, 0.4) is 0 Å². The van der Waals surface area contributed by atoms with E-state index in [0.717, 1.165) is 25.2 Å². The number of amides is 1. The molecule has 0 saturated heterocycles. The van der Waals surface area contributed by atoms with Crippen molar-refractivity contribution in [2.45, 2.75) is 53.1 Å². The van der Waals surface area contributed by atoms with Crippen molar-refractivity contribution in [2.75, 3.05) is 32.3 Å². The smallest absolute Gasteiger partial charge is 0.276 e. The molecule has 3 rings (SSSR count). The highest BCUT2D eigenvalue weighted by Crippen LogP contribution is 2.26. The van der Waals surface area contributed by atoms with Crippen molar-refractivity contribution in [2.24, 2.45) is 0 Å². The molecule has 0 aliphatic carbocycles. The summed E-state index contributed by atoms with van der Waals surface area (Å²) in [4.78, 5) is 33.8. The Bertz CT molecular complexity index is 818. The molecule has 9 heteroatoms. The normalized spacial score (nSPS) is 13.8. The lowest BCUT2D eigenvalue weighted by molar-refractivity contribution is -0.106. The molecule has 1 aromatic carbocycles. The maximum absolute atomic E-state index is 12.6. The lowest BCUT2D eigenvalue weighted by atomic mass is 10.1. The zero-order chi connectivity index (χ0) is 25.2. The van der Waals surface area contributed by atoms with Crippen LogP contribution in [-0.4, -0.2) is 61.7 Å². The number of nitrogens with zero attached hydrogens (tertiary/aromatic N) is 3. The summed E-state index contributed by atoms with van der Waals surface area (Å²) < 4.78 is 10.9. The summed E-state index contributed by atoms with van der Waals surface area (Å²) in [5.74, 6) is -0.160. The molecule has 1 aliphatic rings. The van der Waals surface area contributed by atoms with Gasteiger partial charge in [-0.3, -0.25) is 14.3 Å². The van der Waals surface area contributed by atoms with Gasteiger partial charge in [-0.15, -0.1) is 0 Å². The van der Waals surface area contributed by atoms with Crippen molar-refractivity contribution >= 4 is 35.8 Å². The number of halogens is 1. The van der Waals surface area contributed by atoms with Gasteiger partial charge in [0.1, 0.15) is 17.7 Å². The van der Waals surface area contributed by atoms with E-state index in [-0.39, 0.29) is 17.6 Å². The maximum atomic E-state index is 12.6. The summed E-state index contributed by atoms with van der Waals surface area (Å²) in [6.45, 7) is 9.78. The molecular formula is C24H36ClN3O5. The van der Waals surface area contributed by atoms with Gasteiger partial charge < -0.3 is 19.2 Å². The maximum Gasteiger partial charge on any atom is 0.276 e. The number of aldehydes is 2. The number of unbranched alkanes of at least 4 members (excludes halogenated alkanes) is 1. The molecule has 2 aromatic rings. The molecule has 0 fully saturated rings. The van der Waals surface area contributed by atoms with E-state index in [2.05, 4.69) is 16.8 Å². The Labute approximate surface area is 201 Å². The first kappa shape index (κ1) is 30.4. The summed E-state index contributed by atoms with van der Waals surface area (Å²) in [7, 11) is 3.41. The number of benzene rings is 1. The van der Waals surface area contributed by atoms with E-state index >= 15 is 0 Å². The third kappa shape index (κ3) is 10.7. The van der Waals surface area contributed by atoms with Crippen LogP contribution in [0.4, 0.5) is 5.69 Å². The minimum absolute atomic E-state index is 0.0458. The van der Waals surface area contributed by atoms with Gasteiger partial charge in [0.05, 0.1) is 12.6 Å². The monoisotopic (exact) mass is 481 g/mol. The van der Waals surface area contributed by atoms with Crippen LogP contribution < -0.4 is 4.90 Å². The number of ether oxygens (including phenoxy) is 2. The number of methoxy groups -OCH3 is 2. The van der Waals surface area contributed by atoms with Crippen LogP contribution in [0.2, 0.25) is 5.02 Å². The average molecular weight is 482 g/mol. The Hall–Kier alpha value is -2.55. The Kier molecular flexibility index (Phi) is 16.6. The molecule has 1 unspecified atom stereocenters. The SMILES string of the molecule is CC1Cn2nc(C=O)cc2C(=O)N1c1ccc(Cl)cc1.CC=O.CCCCOC.CCOC. The Morgan fingerprint density at radius 3 is 2.15 bits per heavy atom. The fourth-order valence-corrected chi connectivity index (χ4v) is 2.85. The van der Waals surface area contributed by atoms with E-state index in [1.807, 2.05) is 26.0 Å². The zero-order valence-electron chi connectivity index (χ0n) is 20.4. The molecule has 8 nitrogen and oxygen atoms in total. The van der Waals surface area contributed by atoms with Gasteiger partial charge in [-0.2, -0.15) is 5.10 Å². The van der Waals surface area contributed by atoms with Crippen molar-refractivity contribution in [1.29, 1.82) is 0 Å². The molecular weight excluding hydrogens is 446 g/mol. The second kappa shape index (κ2) is 17.9. The number of anilines is 1. The molecule has 2 heterocycles. The van der Waals surface area contributed by atoms with Crippen LogP contribution in [0.15, 0.2) is 30.3 Å². The number of carbonyl (C=O) groups excluding carboxylic acids is 3. The van der Waals surface area contributed by atoms with Crippen molar-refractivity contribution in [3.63, 3.8) is 0 Å². The number of fused-ring (bicyclic) bond motifs is 1. The van der Waals surface area contributed by atoms with Gasteiger partial charge in [0.15, 0.2) is 6.29 Å². The minimum atomic E-state index is -0.160. The van der Waals surface area contributed by atoms with Crippen LogP contribution in [0.1, 0.15) is 61.5 Å². The quantitative estimate of drug-likeness (QED) is 0.439. The summed E-state index contributed by atoms with van der Waals surface area (Å²) in [6.07, 6.45) is 3.82. The Balaban J connectivity index is 0.000000655. The number of hydrogen-bond donors (Lipinski definition) is 0. The summed E-state index contributed by atoms with van der Waals surface area (Å²) in [5, 5.41) is 4.72. The van der Waals surface area contributed by atoms with Crippen LogP contribution in [0, 0.1) is 0 Å². The molecule has 1 atom stereocenters. The van der Waals surface area contributed by atoms with Crippen LogP contribution >= 0.6 is 11.6 Å². The number of rotatable bonds is 6. The molecule has 33 heavy (non-hydrogen) atoms. The van der Waals surface area contributed by atoms with Gasteiger partial charge in [-0.25, -0.2) is 0 Å². The summed E-state index contributed by atoms with van der Waals surface area (Å²) >= 11 is 5.87. The van der Waals surface area contributed by atoms with E-state index in [4.69, 9.17) is 21.1 Å². The highest BCUT2D eigenvalue weighted by Gasteiger charge is 2.32. The zero-order valence-corrected chi connectivity index (χ0v) is 21.2. The number of carbonyl (C=O) groups is 3. The fourth-order valence-electron chi connectivity index (χ4n) is 2.72. The predicted octanol–water partition coefficient (Wildman–Crippen LogP) is 4.69. The molecule has 1 amide bonds. The average Bonchev–Trinajstić information content (AvgIpc) is 3.23. The number of hydrogen-bond acceptors (Lipinski definition) is 6. The molecule has 0 bridgehead atoms. The fraction of sp³-hybridized carbons (Fsp3) is 0.500. The molecule has 184 valence electrons. The van der Waals surface area contributed by atoms with Gasteiger partial charge in [-0.05, 0) is 57.5 Å². The van der Waals surface area contributed by atoms with E-state index in [9.17, 15) is 9.59 Å². The molecule has 0 spiro atoms. The van der Waals surface area contributed by atoms with Gasteiger partial charge in [-0.1, -0.05) is 24.9 Å². The third-order valence-corrected chi connectivity index (χ3v) is 4.58. The van der Waals surface area contributed by atoms with Crippen molar-refractivity contribution in [1.82, 2.24) is 9.78 Å². The van der Waals surface area contributed by atoms with Crippen LogP contribution in [0.5, 0.6) is 0 Å². The molecule has 1 aromatic heterocycles. The van der Waals surface area contributed by atoms with Gasteiger partial charge in [0, 0.05) is 38.1 Å². The lowest BCUT2D eigenvalue weighted by Crippen LogP contribution is -2.46. The highest BCUT2D eigenvalue weighted by atomic mass is 35.5. The first-order valence-electron chi connectivity index (χ1n) is 10.8. The third-order valence-electron chi connectivity index (χ3n) is 4.33.